The maximum Gasteiger partial charge on any atom is 0.0159 e. The van der Waals surface area contributed by atoms with E-state index >= 15 is 0 Å². The van der Waals surface area contributed by atoms with Crippen LogP contribution in [0.15, 0.2) is 121 Å². The Morgan fingerprint density at radius 1 is 0.405 bits per heavy atom. The second kappa shape index (κ2) is 7.31. The molecular formula is C37H26. The highest BCUT2D eigenvalue weighted by Crippen LogP contribution is 2.50. The normalized spacial score (nSPS) is 13.9. The molecule has 0 amide bonds. The third-order valence-electron chi connectivity index (χ3n) is 8.62. The van der Waals surface area contributed by atoms with E-state index < -0.39 is 0 Å². The van der Waals surface area contributed by atoms with Gasteiger partial charge in [0, 0.05) is 5.41 Å². The van der Waals surface area contributed by atoms with E-state index in [9.17, 15) is 0 Å². The van der Waals surface area contributed by atoms with Crippen molar-refractivity contribution in [2.45, 2.75) is 19.3 Å². The fraction of sp³-hybridized carbons (Fsp3) is 0.0811. The molecule has 174 valence electrons. The van der Waals surface area contributed by atoms with Gasteiger partial charge in [0.2, 0.25) is 0 Å². The zero-order chi connectivity index (χ0) is 24.7. The van der Waals surface area contributed by atoms with Gasteiger partial charge in [0.05, 0.1) is 0 Å². The topological polar surface area (TPSA) is 0 Å². The third-order valence-corrected chi connectivity index (χ3v) is 8.62. The molecule has 8 rings (SSSR count). The highest BCUT2D eigenvalue weighted by Gasteiger charge is 2.33. The zero-order valence-corrected chi connectivity index (χ0v) is 21.0. The maximum absolute atomic E-state index is 2.37. The lowest BCUT2D eigenvalue weighted by atomic mass is 9.68. The van der Waals surface area contributed by atoms with Gasteiger partial charge in [-0.05, 0) is 94.7 Å². The van der Waals surface area contributed by atoms with Crippen LogP contribution in [-0.2, 0) is 5.41 Å². The Hall–Kier alpha value is -4.42. The Balaban J connectivity index is 1.38. The fourth-order valence-corrected chi connectivity index (χ4v) is 6.73. The standard InChI is InChI=1S/C37H26/c1-37(2)34-13-6-5-10-30(34)32-12-7-11-31-29(18-19-35(37)36(31)32)25-17-15-24-22-33-26(21-27(24)20-25)16-14-23-8-3-4-9-28(23)33/h3-22H,1-2H3. The molecular weight excluding hydrogens is 444 g/mol. The SMILES string of the molecule is CC1(C)c2ccccc2-c2cccc3c(-c4ccc5cc6c(ccc7ccccc76)cc5c4)ccc1c23. The Morgan fingerprint density at radius 2 is 1.16 bits per heavy atom. The van der Waals surface area contributed by atoms with Crippen molar-refractivity contribution in [2.24, 2.45) is 0 Å². The second-order valence-electron chi connectivity index (χ2n) is 11.0. The first-order valence-corrected chi connectivity index (χ1v) is 13.1. The highest BCUT2D eigenvalue weighted by atomic mass is 14.4. The molecule has 0 heteroatoms. The summed E-state index contributed by atoms with van der Waals surface area (Å²) in [6, 6.07) is 45.3. The lowest BCUT2D eigenvalue weighted by Crippen LogP contribution is -2.23. The number of hydrogen-bond acceptors (Lipinski definition) is 0. The van der Waals surface area contributed by atoms with Crippen LogP contribution >= 0.6 is 0 Å². The summed E-state index contributed by atoms with van der Waals surface area (Å²) in [6.07, 6.45) is 0. The van der Waals surface area contributed by atoms with Crippen LogP contribution in [0.1, 0.15) is 25.0 Å². The van der Waals surface area contributed by atoms with E-state index in [1.165, 1.54) is 76.5 Å². The summed E-state index contributed by atoms with van der Waals surface area (Å²) in [6.45, 7) is 4.72. The molecule has 0 saturated heterocycles. The van der Waals surface area contributed by atoms with Crippen molar-refractivity contribution in [3.05, 3.63) is 132 Å². The van der Waals surface area contributed by atoms with Gasteiger partial charge in [-0.25, -0.2) is 0 Å². The lowest BCUT2D eigenvalue weighted by Gasteiger charge is -2.35. The molecule has 0 spiro atoms. The summed E-state index contributed by atoms with van der Waals surface area (Å²) < 4.78 is 0. The van der Waals surface area contributed by atoms with Gasteiger partial charge in [0.25, 0.3) is 0 Å². The number of hydrogen-bond donors (Lipinski definition) is 0. The van der Waals surface area contributed by atoms with Crippen LogP contribution in [0.3, 0.4) is 0 Å². The van der Waals surface area contributed by atoms with Crippen LogP contribution in [0, 0.1) is 0 Å². The number of benzene rings is 7. The summed E-state index contributed by atoms with van der Waals surface area (Å²) in [5.74, 6) is 0. The van der Waals surface area contributed by atoms with E-state index in [0.29, 0.717) is 0 Å². The number of rotatable bonds is 1. The molecule has 0 nitrogen and oxygen atoms in total. The Bertz CT molecular complexity index is 2060. The summed E-state index contributed by atoms with van der Waals surface area (Å²) in [5, 5.41) is 10.5. The van der Waals surface area contributed by atoms with Crippen molar-refractivity contribution in [2.75, 3.05) is 0 Å². The van der Waals surface area contributed by atoms with Crippen LogP contribution in [-0.4, -0.2) is 0 Å². The van der Waals surface area contributed by atoms with Crippen molar-refractivity contribution in [1.29, 1.82) is 0 Å². The highest BCUT2D eigenvalue weighted by molar-refractivity contribution is 6.13. The molecule has 7 aromatic carbocycles. The second-order valence-corrected chi connectivity index (χ2v) is 11.0. The van der Waals surface area contributed by atoms with Gasteiger partial charge in [0.15, 0.2) is 0 Å². The zero-order valence-electron chi connectivity index (χ0n) is 21.0. The molecule has 0 N–H and O–H groups in total. The molecule has 0 unspecified atom stereocenters. The largest absolute Gasteiger partial charge is 0.0619 e. The molecule has 0 heterocycles. The Morgan fingerprint density at radius 3 is 2.11 bits per heavy atom. The van der Waals surface area contributed by atoms with Crippen LogP contribution in [0.25, 0.3) is 65.3 Å². The monoisotopic (exact) mass is 470 g/mol. The smallest absolute Gasteiger partial charge is 0.0159 e. The average molecular weight is 471 g/mol. The molecule has 0 radical (unpaired) electrons. The first-order chi connectivity index (χ1) is 18.1. The minimum Gasteiger partial charge on any atom is -0.0619 e. The van der Waals surface area contributed by atoms with Crippen LogP contribution in [0.5, 0.6) is 0 Å². The van der Waals surface area contributed by atoms with Gasteiger partial charge in [-0.3, -0.25) is 0 Å². The van der Waals surface area contributed by atoms with Gasteiger partial charge in [0.1, 0.15) is 0 Å². The van der Waals surface area contributed by atoms with E-state index in [4.69, 9.17) is 0 Å². The summed E-state index contributed by atoms with van der Waals surface area (Å²) in [5.41, 5.74) is 8.08. The molecule has 1 aliphatic carbocycles. The van der Waals surface area contributed by atoms with E-state index in [-0.39, 0.29) is 5.41 Å². The molecule has 0 atom stereocenters. The van der Waals surface area contributed by atoms with Gasteiger partial charge < -0.3 is 0 Å². The molecule has 37 heavy (non-hydrogen) atoms. The molecule has 1 aliphatic rings. The van der Waals surface area contributed by atoms with E-state index in [1.54, 1.807) is 0 Å². The molecule has 0 saturated carbocycles. The Kier molecular flexibility index (Phi) is 4.10. The molecule has 7 aromatic rings. The van der Waals surface area contributed by atoms with Crippen molar-refractivity contribution in [3.63, 3.8) is 0 Å². The van der Waals surface area contributed by atoms with E-state index in [1.807, 2.05) is 0 Å². The van der Waals surface area contributed by atoms with Crippen LogP contribution < -0.4 is 0 Å². The van der Waals surface area contributed by atoms with Crippen molar-refractivity contribution in [3.8, 4) is 22.3 Å². The number of fused-ring (bicyclic) bond motifs is 6. The molecule has 0 aromatic heterocycles. The van der Waals surface area contributed by atoms with E-state index in [2.05, 4.69) is 135 Å². The quantitative estimate of drug-likeness (QED) is 0.165. The Labute approximate surface area is 216 Å². The first kappa shape index (κ1) is 20.7. The molecule has 0 bridgehead atoms. The van der Waals surface area contributed by atoms with Crippen molar-refractivity contribution >= 4 is 43.1 Å². The molecule has 0 aliphatic heterocycles. The average Bonchev–Trinajstić information content (AvgIpc) is 2.94. The van der Waals surface area contributed by atoms with Gasteiger partial charge in [-0.15, -0.1) is 0 Å². The fourth-order valence-electron chi connectivity index (χ4n) is 6.73. The van der Waals surface area contributed by atoms with Gasteiger partial charge in [-0.1, -0.05) is 117 Å². The summed E-state index contributed by atoms with van der Waals surface area (Å²) in [7, 11) is 0. The predicted octanol–water partition coefficient (Wildman–Crippen LogP) is 10.3. The van der Waals surface area contributed by atoms with Crippen LogP contribution in [0.2, 0.25) is 0 Å². The minimum absolute atomic E-state index is 0.0349. The first-order valence-electron chi connectivity index (χ1n) is 13.1. The molecule has 0 fully saturated rings. The van der Waals surface area contributed by atoms with E-state index in [0.717, 1.165) is 0 Å². The van der Waals surface area contributed by atoms with Crippen LogP contribution in [0.4, 0.5) is 0 Å². The van der Waals surface area contributed by atoms with Gasteiger partial charge in [-0.2, -0.15) is 0 Å². The minimum atomic E-state index is -0.0349. The summed E-state index contributed by atoms with van der Waals surface area (Å²) in [4.78, 5) is 0. The summed E-state index contributed by atoms with van der Waals surface area (Å²) >= 11 is 0. The van der Waals surface area contributed by atoms with Crippen molar-refractivity contribution in [1.82, 2.24) is 0 Å². The predicted molar refractivity (Wildman–Crippen MR) is 159 cm³/mol. The lowest BCUT2D eigenvalue weighted by molar-refractivity contribution is 0.645. The third kappa shape index (κ3) is 2.84. The maximum atomic E-state index is 2.37. The van der Waals surface area contributed by atoms with Gasteiger partial charge >= 0.3 is 0 Å². The van der Waals surface area contributed by atoms with Crippen molar-refractivity contribution < 1.29 is 0 Å².